The summed E-state index contributed by atoms with van der Waals surface area (Å²) in [6.45, 7) is 0.144. The Labute approximate surface area is 88.5 Å². The van der Waals surface area contributed by atoms with Gasteiger partial charge >= 0.3 is 0 Å². The Kier molecular flexibility index (Phi) is 3.11. The van der Waals surface area contributed by atoms with E-state index < -0.39 is 0 Å². The van der Waals surface area contributed by atoms with Crippen LogP contribution in [0.3, 0.4) is 0 Å². The number of aromatic nitrogens is 1. The van der Waals surface area contributed by atoms with Crippen LogP contribution in [0.4, 0.5) is 4.39 Å². The van der Waals surface area contributed by atoms with E-state index in [-0.39, 0.29) is 18.3 Å². The molecule has 80 valence electrons. The van der Waals surface area contributed by atoms with Crippen molar-refractivity contribution < 1.29 is 9.50 Å². The Bertz CT molecular complexity index is 358. The molecule has 2 nitrogen and oxygen atoms in total. The average molecular weight is 207 g/mol. The first-order chi connectivity index (χ1) is 7.31. The van der Waals surface area contributed by atoms with Crippen molar-refractivity contribution in [2.45, 2.75) is 19.3 Å². The highest BCUT2D eigenvalue weighted by atomic mass is 19.1. The molecule has 1 aliphatic rings. The summed E-state index contributed by atoms with van der Waals surface area (Å²) in [4.78, 5) is 4.05. The van der Waals surface area contributed by atoms with E-state index >= 15 is 0 Å². The summed E-state index contributed by atoms with van der Waals surface area (Å²) >= 11 is 0. The number of allylic oxidation sites excluding steroid dienone is 1. The molecule has 0 saturated carbocycles. The van der Waals surface area contributed by atoms with Gasteiger partial charge in [0.15, 0.2) is 0 Å². The minimum absolute atomic E-state index is 0.144. The van der Waals surface area contributed by atoms with E-state index in [1.807, 2.05) is 0 Å². The number of hydrogen-bond donors (Lipinski definition) is 1. The molecule has 0 fully saturated rings. The van der Waals surface area contributed by atoms with Gasteiger partial charge in [-0.15, -0.1) is 0 Å². The molecule has 0 aromatic carbocycles. The molecule has 0 saturated heterocycles. The molecule has 1 aromatic heterocycles. The van der Waals surface area contributed by atoms with Gasteiger partial charge in [0.05, 0.1) is 11.9 Å². The number of hydrogen-bond acceptors (Lipinski definition) is 2. The molecule has 1 N–H and O–H groups in total. The van der Waals surface area contributed by atoms with Crippen LogP contribution in [0.25, 0.3) is 5.57 Å². The Morgan fingerprint density at radius 1 is 1.47 bits per heavy atom. The second-order valence-corrected chi connectivity index (χ2v) is 3.83. The zero-order chi connectivity index (χ0) is 10.7. The second kappa shape index (κ2) is 4.53. The summed E-state index contributed by atoms with van der Waals surface area (Å²) < 4.78 is 12.7. The second-order valence-electron chi connectivity index (χ2n) is 3.83. The Hall–Kier alpha value is -1.22. The summed E-state index contributed by atoms with van der Waals surface area (Å²) in [5, 5.41) is 9.23. The van der Waals surface area contributed by atoms with Crippen LogP contribution in [0.2, 0.25) is 0 Å². The highest BCUT2D eigenvalue weighted by molar-refractivity contribution is 5.65. The van der Waals surface area contributed by atoms with Gasteiger partial charge in [-0.05, 0) is 37.0 Å². The lowest BCUT2D eigenvalue weighted by Gasteiger charge is -2.21. The maximum atomic E-state index is 12.7. The molecule has 0 radical (unpaired) electrons. The number of pyridine rings is 1. The van der Waals surface area contributed by atoms with Gasteiger partial charge in [0.25, 0.3) is 0 Å². The van der Waals surface area contributed by atoms with Crippen LogP contribution in [-0.4, -0.2) is 16.7 Å². The van der Waals surface area contributed by atoms with Crippen LogP contribution in [0.5, 0.6) is 0 Å². The summed E-state index contributed by atoms with van der Waals surface area (Å²) in [5.41, 5.74) is 1.85. The molecular formula is C12H14FNO. The SMILES string of the molecule is OCC1CCCC=C1c1ccc(F)cn1. The summed E-state index contributed by atoms with van der Waals surface area (Å²) in [6.07, 6.45) is 6.44. The lowest BCUT2D eigenvalue weighted by molar-refractivity contribution is 0.246. The molecule has 1 heterocycles. The largest absolute Gasteiger partial charge is 0.396 e. The fraction of sp³-hybridized carbons (Fsp3) is 0.417. The molecule has 2 rings (SSSR count). The lowest BCUT2D eigenvalue weighted by Crippen LogP contribution is -2.12. The molecule has 1 aromatic rings. The topological polar surface area (TPSA) is 33.1 Å². The number of halogens is 1. The van der Waals surface area contributed by atoms with Crippen LogP contribution in [-0.2, 0) is 0 Å². The van der Waals surface area contributed by atoms with E-state index in [0.717, 1.165) is 30.5 Å². The monoisotopic (exact) mass is 207 g/mol. The lowest BCUT2D eigenvalue weighted by atomic mass is 9.86. The summed E-state index contributed by atoms with van der Waals surface area (Å²) in [5.74, 6) is -0.160. The first kappa shape index (κ1) is 10.3. The summed E-state index contributed by atoms with van der Waals surface area (Å²) in [6, 6.07) is 3.08. The number of aliphatic hydroxyl groups is 1. The predicted molar refractivity (Wildman–Crippen MR) is 56.6 cm³/mol. The van der Waals surface area contributed by atoms with Crippen LogP contribution in [0.1, 0.15) is 25.0 Å². The molecule has 1 aliphatic carbocycles. The van der Waals surface area contributed by atoms with Gasteiger partial charge in [0, 0.05) is 12.5 Å². The van der Waals surface area contributed by atoms with Crippen molar-refractivity contribution in [1.29, 1.82) is 0 Å². The third-order valence-electron chi connectivity index (χ3n) is 2.80. The van der Waals surface area contributed by atoms with Crippen LogP contribution >= 0.6 is 0 Å². The smallest absolute Gasteiger partial charge is 0.141 e. The molecule has 1 atom stereocenters. The maximum Gasteiger partial charge on any atom is 0.141 e. The van der Waals surface area contributed by atoms with Crippen molar-refractivity contribution in [2.24, 2.45) is 5.92 Å². The van der Waals surface area contributed by atoms with Crippen LogP contribution in [0, 0.1) is 11.7 Å². The number of aliphatic hydroxyl groups excluding tert-OH is 1. The van der Waals surface area contributed by atoms with Gasteiger partial charge in [0.1, 0.15) is 5.82 Å². The third-order valence-corrected chi connectivity index (χ3v) is 2.80. The van der Waals surface area contributed by atoms with Crippen molar-refractivity contribution in [1.82, 2.24) is 4.98 Å². The maximum absolute atomic E-state index is 12.7. The molecule has 0 spiro atoms. The average Bonchev–Trinajstić information content (AvgIpc) is 2.30. The Balaban J connectivity index is 2.28. The van der Waals surface area contributed by atoms with Gasteiger partial charge in [-0.2, -0.15) is 0 Å². The van der Waals surface area contributed by atoms with Gasteiger partial charge < -0.3 is 5.11 Å². The highest BCUT2D eigenvalue weighted by Crippen LogP contribution is 2.30. The first-order valence-corrected chi connectivity index (χ1v) is 5.24. The van der Waals surface area contributed by atoms with E-state index in [2.05, 4.69) is 11.1 Å². The van der Waals surface area contributed by atoms with Gasteiger partial charge in [-0.25, -0.2) is 4.39 Å². The highest BCUT2D eigenvalue weighted by Gasteiger charge is 2.18. The van der Waals surface area contributed by atoms with E-state index in [0.29, 0.717) is 0 Å². The zero-order valence-electron chi connectivity index (χ0n) is 8.49. The van der Waals surface area contributed by atoms with Crippen molar-refractivity contribution in [3.05, 3.63) is 35.9 Å². The quantitative estimate of drug-likeness (QED) is 0.807. The van der Waals surface area contributed by atoms with Crippen molar-refractivity contribution >= 4 is 5.57 Å². The fourth-order valence-corrected chi connectivity index (χ4v) is 1.99. The standard InChI is InChI=1S/C12H14FNO/c13-10-5-6-12(14-7-10)11-4-2-1-3-9(11)8-15/h4-7,9,15H,1-3,8H2. The van der Waals surface area contributed by atoms with Crippen molar-refractivity contribution in [3.8, 4) is 0 Å². The van der Waals surface area contributed by atoms with Crippen molar-refractivity contribution in [2.75, 3.05) is 6.61 Å². The minimum Gasteiger partial charge on any atom is -0.396 e. The van der Waals surface area contributed by atoms with E-state index in [1.165, 1.54) is 12.3 Å². The molecule has 1 unspecified atom stereocenters. The molecule has 15 heavy (non-hydrogen) atoms. The molecule has 3 heteroatoms. The normalized spacial score (nSPS) is 21.2. The van der Waals surface area contributed by atoms with E-state index in [4.69, 9.17) is 0 Å². The van der Waals surface area contributed by atoms with Crippen LogP contribution in [0.15, 0.2) is 24.4 Å². The molecule has 0 bridgehead atoms. The van der Waals surface area contributed by atoms with Gasteiger partial charge in [-0.1, -0.05) is 6.08 Å². The fourth-order valence-electron chi connectivity index (χ4n) is 1.99. The van der Waals surface area contributed by atoms with E-state index in [9.17, 15) is 9.50 Å². The van der Waals surface area contributed by atoms with Gasteiger partial charge in [-0.3, -0.25) is 4.98 Å². The summed E-state index contributed by atoms with van der Waals surface area (Å²) in [7, 11) is 0. The third kappa shape index (κ3) is 2.23. The molecule has 0 aliphatic heterocycles. The number of rotatable bonds is 2. The zero-order valence-corrected chi connectivity index (χ0v) is 8.49. The van der Waals surface area contributed by atoms with E-state index in [1.54, 1.807) is 6.07 Å². The van der Waals surface area contributed by atoms with Crippen molar-refractivity contribution in [3.63, 3.8) is 0 Å². The predicted octanol–water partition coefficient (Wildman–Crippen LogP) is 2.40. The van der Waals surface area contributed by atoms with Crippen LogP contribution < -0.4 is 0 Å². The Morgan fingerprint density at radius 2 is 2.33 bits per heavy atom. The van der Waals surface area contributed by atoms with Gasteiger partial charge in [0.2, 0.25) is 0 Å². The first-order valence-electron chi connectivity index (χ1n) is 5.24. The number of nitrogens with zero attached hydrogens (tertiary/aromatic N) is 1. The minimum atomic E-state index is -0.323. The molecular weight excluding hydrogens is 193 g/mol. The molecule has 0 amide bonds. The Morgan fingerprint density at radius 3 is 3.00 bits per heavy atom.